The summed E-state index contributed by atoms with van der Waals surface area (Å²) in [4.78, 5) is 11.4. The van der Waals surface area contributed by atoms with Crippen LogP contribution in [0.5, 0.6) is 0 Å². The fraction of sp³-hybridized carbons (Fsp3) is 0.467. The molecule has 0 saturated carbocycles. The molecule has 0 fully saturated rings. The molecule has 0 radical (unpaired) electrons. The van der Waals surface area contributed by atoms with Crippen molar-refractivity contribution in [3.63, 3.8) is 0 Å². The van der Waals surface area contributed by atoms with Gasteiger partial charge in [-0.25, -0.2) is 4.79 Å². The standard InChI is InChI=1S/C13H18N2O2.C2H6.I2/c1-9(2)14-15(4)11-6-7-12(10(3)8-11)13(16)17-5;2*1-2/h6-8H,1-5H3;1-2H3;. The number of nitrogens with zero attached hydrogens (tertiary/aromatic N) is 2. The highest BCUT2D eigenvalue weighted by molar-refractivity contribution is 15.0. The van der Waals surface area contributed by atoms with Gasteiger partial charge in [-0.3, -0.25) is 5.01 Å². The predicted molar refractivity (Wildman–Crippen MR) is 109 cm³/mol. The van der Waals surface area contributed by atoms with Gasteiger partial charge in [0, 0.05) is 50.0 Å². The average Bonchev–Trinajstić information content (AvgIpc) is 2.49. The number of hydrogen-bond donors (Lipinski definition) is 0. The van der Waals surface area contributed by atoms with Crippen LogP contribution in [0.25, 0.3) is 0 Å². The Morgan fingerprint density at radius 1 is 1.24 bits per heavy atom. The van der Waals surface area contributed by atoms with Crippen molar-refractivity contribution in [2.75, 3.05) is 19.2 Å². The van der Waals surface area contributed by atoms with Crippen LogP contribution >= 0.6 is 37.2 Å². The topological polar surface area (TPSA) is 41.9 Å². The van der Waals surface area contributed by atoms with Crippen molar-refractivity contribution < 1.29 is 9.53 Å². The summed E-state index contributed by atoms with van der Waals surface area (Å²) in [6.45, 7) is 9.75. The Balaban J connectivity index is 0. The Hall–Kier alpha value is -0.380. The third-order valence-corrected chi connectivity index (χ3v) is 2.34. The summed E-state index contributed by atoms with van der Waals surface area (Å²) in [6, 6.07) is 5.53. The van der Waals surface area contributed by atoms with Gasteiger partial charge in [0.25, 0.3) is 0 Å². The van der Waals surface area contributed by atoms with Crippen molar-refractivity contribution >= 4 is 54.6 Å². The minimum atomic E-state index is -0.313. The van der Waals surface area contributed by atoms with Crippen molar-refractivity contribution in [3.8, 4) is 0 Å². The SMILES string of the molecule is CC.COC(=O)c1ccc(N(C)N=C(C)C)cc1C.II. The second kappa shape index (κ2) is 13.3. The second-order valence-corrected chi connectivity index (χ2v) is 4.06. The third kappa shape index (κ3) is 8.60. The molecule has 4 nitrogen and oxygen atoms in total. The fourth-order valence-corrected chi connectivity index (χ4v) is 1.55. The lowest BCUT2D eigenvalue weighted by Crippen LogP contribution is -2.12. The molecule has 0 aromatic heterocycles. The number of aryl methyl sites for hydroxylation is 1. The number of methoxy groups -OCH3 is 1. The van der Waals surface area contributed by atoms with E-state index < -0.39 is 0 Å². The maximum atomic E-state index is 11.4. The molecule has 6 heteroatoms. The molecular formula is C15H24I2N2O2. The number of hydrazone groups is 1. The quantitative estimate of drug-likeness (QED) is 0.233. The van der Waals surface area contributed by atoms with E-state index in [1.807, 2.05) is 53.8 Å². The molecule has 1 aromatic rings. The highest BCUT2D eigenvalue weighted by Crippen LogP contribution is 2.19. The molecular weight excluding hydrogens is 494 g/mol. The molecule has 0 bridgehead atoms. The first-order chi connectivity index (χ1) is 9.95. The summed E-state index contributed by atoms with van der Waals surface area (Å²) in [6.07, 6.45) is 0. The maximum absolute atomic E-state index is 11.4. The zero-order valence-electron chi connectivity index (χ0n) is 13.7. The second-order valence-electron chi connectivity index (χ2n) is 4.06. The van der Waals surface area contributed by atoms with Crippen LogP contribution in [-0.2, 0) is 4.74 Å². The van der Waals surface area contributed by atoms with Crippen LogP contribution in [0.15, 0.2) is 23.3 Å². The van der Waals surface area contributed by atoms with Gasteiger partial charge in [0.15, 0.2) is 0 Å². The number of halogens is 2. The lowest BCUT2D eigenvalue weighted by atomic mass is 10.1. The zero-order chi connectivity index (χ0) is 17.0. The third-order valence-electron chi connectivity index (χ3n) is 2.34. The van der Waals surface area contributed by atoms with Gasteiger partial charge in [0.1, 0.15) is 0 Å². The predicted octanol–water partition coefficient (Wildman–Crippen LogP) is 5.41. The molecule has 0 saturated heterocycles. The van der Waals surface area contributed by atoms with Crippen LogP contribution < -0.4 is 5.01 Å². The van der Waals surface area contributed by atoms with Crippen LogP contribution in [0.2, 0.25) is 0 Å². The number of esters is 1. The Labute approximate surface area is 151 Å². The largest absolute Gasteiger partial charge is 0.465 e. The molecule has 1 rings (SSSR count). The number of carbonyl (C=O) groups is 1. The summed E-state index contributed by atoms with van der Waals surface area (Å²) in [5.41, 5.74) is 3.38. The Bertz CT molecular complexity index is 459. The average molecular weight is 518 g/mol. The molecule has 0 aliphatic carbocycles. The van der Waals surface area contributed by atoms with E-state index in [0.29, 0.717) is 5.56 Å². The van der Waals surface area contributed by atoms with Crippen LogP contribution in [0.3, 0.4) is 0 Å². The molecule has 120 valence electrons. The first-order valence-corrected chi connectivity index (χ1v) is 12.8. The first kappa shape index (κ1) is 22.9. The molecule has 1 aromatic carbocycles. The summed E-state index contributed by atoms with van der Waals surface area (Å²) < 4.78 is 4.70. The number of rotatable bonds is 3. The van der Waals surface area contributed by atoms with Crippen LogP contribution in [-0.4, -0.2) is 25.8 Å². The van der Waals surface area contributed by atoms with Gasteiger partial charge >= 0.3 is 5.97 Å². The van der Waals surface area contributed by atoms with Gasteiger partial charge in [-0.05, 0) is 44.5 Å². The molecule has 0 unspecified atom stereocenters. The van der Waals surface area contributed by atoms with E-state index in [2.05, 4.69) is 42.3 Å². The molecule has 0 aliphatic heterocycles. The molecule has 0 N–H and O–H groups in total. The fourth-order valence-electron chi connectivity index (χ4n) is 1.55. The Kier molecular flexibility index (Phi) is 14.5. The van der Waals surface area contributed by atoms with Gasteiger partial charge in [-0.2, -0.15) is 5.10 Å². The minimum Gasteiger partial charge on any atom is -0.465 e. The lowest BCUT2D eigenvalue weighted by molar-refractivity contribution is 0.0600. The van der Waals surface area contributed by atoms with Crippen molar-refractivity contribution in [3.05, 3.63) is 29.3 Å². The van der Waals surface area contributed by atoms with Crippen LogP contribution in [0, 0.1) is 6.92 Å². The smallest absolute Gasteiger partial charge is 0.338 e. The van der Waals surface area contributed by atoms with Gasteiger partial charge in [-0.1, -0.05) is 13.8 Å². The normalized spacial score (nSPS) is 8.43. The summed E-state index contributed by atoms with van der Waals surface area (Å²) in [5, 5.41) is 6.10. The Morgan fingerprint density at radius 2 is 1.76 bits per heavy atom. The van der Waals surface area contributed by atoms with Crippen LogP contribution in [0.1, 0.15) is 43.6 Å². The summed E-state index contributed by atoms with van der Waals surface area (Å²) in [5.74, 6) is -0.313. The first-order valence-electron chi connectivity index (χ1n) is 6.54. The highest BCUT2D eigenvalue weighted by Gasteiger charge is 2.10. The van der Waals surface area contributed by atoms with Crippen molar-refractivity contribution in [1.29, 1.82) is 0 Å². The lowest BCUT2D eigenvalue weighted by Gasteiger charge is -2.15. The number of ether oxygens (including phenoxy) is 1. The van der Waals surface area contributed by atoms with E-state index >= 15 is 0 Å². The zero-order valence-corrected chi connectivity index (χ0v) is 18.0. The van der Waals surface area contributed by atoms with Gasteiger partial charge in [0.2, 0.25) is 0 Å². The van der Waals surface area contributed by atoms with E-state index in [4.69, 9.17) is 4.74 Å². The van der Waals surface area contributed by atoms with E-state index in [9.17, 15) is 4.79 Å². The number of hydrogen-bond acceptors (Lipinski definition) is 4. The van der Waals surface area contributed by atoms with E-state index in [1.165, 1.54) is 7.11 Å². The molecule has 21 heavy (non-hydrogen) atoms. The molecule has 0 amide bonds. The van der Waals surface area contributed by atoms with E-state index in [0.717, 1.165) is 17.0 Å². The molecule has 0 atom stereocenters. The summed E-state index contributed by atoms with van der Waals surface area (Å²) in [7, 11) is 3.26. The maximum Gasteiger partial charge on any atom is 0.338 e. The number of benzene rings is 1. The number of anilines is 1. The molecule has 0 heterocycles. The van der Waals surface area contributed by atoms with Crippen molar-refractivity contribution in [2.45, 2.75) is 34.6 Å². The van der Waals surface area contributed by atoms with Crippen molar-refractivity contribution in [1.82, 2.24) is 0 Å². The van der Waals surface area contributed by atoms with Gasteiger partial charge in [-0.15, -0.1) is 0 Å². The Morgan fingerprint density at radius 3 is 2.14 bits per heavy atom. The van der Waals surface area contributed by atoms with Crippen molar-refractivity contribution in [2.24, 2.45) is 5.10 Å². The van der Waals surface area contributed by atoms with Gasteiger partial charge in [0.05, 0.1) is 18.4 Å². The molecule has 0 aliphatic rings. The summed E-state index contributed by atoms with van der Waals surface area (Å²) >= 11 is 4.24. The monoisotopic (exact) mass is 518 g/mol. The van der Waals surface area contributed by atoms with Crippen LogP contribution in [0.4, 0.5) is 5.69 Å². The minimum absolute atomic E-state index is 0.313. The highest BCUT2D eigenvalue weighted by atomic mass is 128. The molecule has 0 spiro atoms. The van der Waals surface area contributed by atoms with E-state index in [1.54, 1.807) is 11.1 Å². The van der Waals surface area contributed by atoms with Gasteiger partial charge < -0.3 is 4.74 Å². The van der Waals surface area contributed by atoms with E-state index in [-0.39, 0.29) is 5.97 Å². The number of carbonyl (C=O) groups excluding carboxylic acids is 1.